The zero-order valence-corrected chi connectivity index (χ0v) is 16.5. The van der Waals surface area contributed by atoms with Gasteiger partial charge in [0.1, 0.15) is 0 Å². The van der Waals surface area contributed by atoms with Gasteiger partial charge >= 0.3 is 0 Å². The highest BCUT2D eigenvalue weighted by Gasteiger charge is 2.33. The molecule has 9 heteroatoms. The molecule has 8 nitrogen and oxygen atoms in total. The van der Waals surface area contributed by atoms with Gasteiger partial charge in [0.25, 0.3) is 5.69 Å². The first kappa shape index (κ1) is 20.9. The van der Waals surface area contributed by atoms with E-state index < -0.39 is 4.92 Å². The average molecular weight is 416 g/mol. The van der Waals surface area contributed by atoms with Gasteiger partial charge in [-0.2, -0.15) is 4.98 Å². The summed E-state index contributed by atoms with van der Waals surface area (Å²) >= 11 is 0. The summed E-state index contributed by atoms with van der Waals surface area (Å²) in [6, 6.07) is 16.6. The van der Waals surface area contributed by atoms with Crippen LogP contribution < -0.4 is 5.73 Å². The van der Waals surface area contributed by atoms with Gasteiger partial charge in [0, 0.05) is 36.7 Å². The molecular formula is C20H22ClN5O3. The first-order chi connectivity index (χ1) is 13.6. The molecule has 4 rings (SSSR count). The summed E-state index contributed by atoms with van der Waals surface area (Å²) in [4.78, 5) is 17.2. The van der Waals surface area contributed by atoms with Gasteiger partial charge in [0.15, 0.2) is 0 Å². The number of nitro groups is 1. The van der Waals surface area contributed by atoms with E-state index in [0.717, 1.165) is 13.1 Å². The van der Waals surface area contributed by atoms with E-state index in [2.05, 4.69) is 39.3 Å². The van der Waals surface area contributed by atoms with Crippen molar-refractivity contribution in [3.8, 4) is 11.4 Å². The fourth-order valence-electron chi connectivity index (χ4n) is 3.79. The molecule has 1 saturated heterocycles. The number of nitrogens with two attached hydrogens (primary N) is 1. The van der Waals surface area contributed by atoms with Crippen LogP contribution in [-0.2, 0) is 6.54 Å². The lowest BCUT2D eigenvalue weighted by Gasteiger charge is -2.16. The Morgan fingerprint density at radius 1 is 1.17 bits per heavy atom. The molecule has 152 valence electrons. The Morgan fingerprint density at radius 2 is 1.97 bits per heavy atom. The minimum atomic E-state index is -0.439. The Balaban J connectivity index is 0.00000240. The van der Waals surface area contributed by atoms with Crippen molar-refractivity contribution in [2.24, 2.45) is 11.7 Å². The van der Waals surface area contributed by atoms with Gasteiger partial charge in [0.05, 0.1) is 11.5 Å². The molecule has 1 aliphatic rings. The van der Waals surface area contributed by atoms with Crippen LogP contribution in [0.1, 0.15) is 17.4 Å². The van der Waals surface area contributed by atoms with Gasteiger partial charge < -0.3 is 10.3 Å². The highest BCUT2D eigenvalue weighted by molar-refractivity contribution is 5.85. The van der Waals surface area contributed by atoms with E-state index in [1.54, 1.807) is 12.1 Å². The minimum absolute atomic E-state index is 0. The summed E-state index contributed by atoms with van der Waals surface area (Å²) in [6.45, 7) is 2.89. The molecule has 2 atom stereocenters. The van der Waals surface area contributed by atoms with E-state index in [9.17, 15) is 10.1 Å². The number of non-ortho nitro benzene ring substituents is 1. The fraction of sp³-hybridized carbons (Fsp3) is 0.300. The van der Waals surface area contributed by atoms with Crippen LogP contribution in [0.3, 0.4) is 0 Å². The van der Waals surface area contributed by atoms with Crippen molar-refractivity contribution >= 4 is 18.1 Å². The maximum Gasteiger partial charge on any atom is 0.270 e. The number of likely N-dealkylation sites (tertiary alicyclic amines) is 1. The normalized spacial score (nSPS) is 19.1. The molecule has 0 unspecified atom stereocenters. The molecule has 0 saturated carbocycles. The van der Waals surface area contributed by atoms with Crippen LogP contribution in [0, 0.1) is 16.0 Å². The van der Waals surface area contributed by atoms with E-state index in [0.29, 0.717) is 42.2 Å². The van der Waals surface area contributed by atoms with Crippen molar-refractivity contribution in [3.05, 3.63) is 76.2 Å². The van der Waals surface area contributed by atoms with Gasteiger partial charge in [-0.05, 0) is 18.0 Å². The molecule has 0 spiro atoms. The Kier molecular flexibility index (Phi) is 6.58. The Morgan fingerprint density at radius 3 is 2.69 bits per heavy atom. The topological polar surface area (TPSA) is 111 Å². The molecule has 29 heavy (non-hydrogen) atoms. The number of nitro benzene ring substituents is 1. The molecule has 0 amide bonds. The summed E-state index contributed by atoms with van der Waals surface area (Å²) in [5, 5.41) is 14.9. The van der Waals surface area contributed by atoms with Crippen LogP contribution in [-0.4, -0.2) is 39.6 Å². The third-order valence-corrected chi connectivity index (χ3v) is 5.19. The quantitative estimate of drug-likeness (QED) is 0.485. The molecule has 2 heterocycles. The smallest absolute Gasteiger partial charge is 0.270 e. The average Bonchev–Trinajstić information content (AvgIpc) is 3.36. The maximum absolute atomic E-state index is 11.0. The number of halogens is 1. The molecule has 0 radical (unpaired) electrons. The number of nitrogens with zero attached hydrogens (tertiary/aromatic N) is 4. The van der Waals surface area contributed by atoms with Crippen molar-refractivity contribution in [1.29, 1.82) is 0 Å². The largest absolute Gasteiger partial charge is 0.338 e. The second-order valence-corrected chi connectivity index (χ2v) is 7.03. The van der Waals surface area contributed by atoms with Gasteiger partial charge in [-0.3, -0.25) is 15.0 Å². The van der Waals surface area contributed by atoms with E-state index in [1.165, 1.54) is 17.7 Å². The zero-order valence-electron chi connectivity index (χ0n) is 15.7. The van der Waals surface area contributed by atoms with Gasteiger partial charge in [-0.1, -0.05) is 47.6 Å². The highest BCUT2D eigenvalue weighted by Crippen LogP contribution is 2.32. The number of hydrogen-bond donors (Lipinski definition) is 1. The van der Waals surface area contributed by atoms with Gasteiger partial charge in [-0.15, -0.1) is 12.4 Å². The molecule has 2 N–H and O–H groups in total. The van der Waals surface area contributed by atoms with E-state index in [-0.39, 0.29) is 18.1 Å². The third-order valence-electron chi connectivity index (χ3n) is 5.19. The molecule has 1 fully saturated rings. The minimum Gasteiger partial charge on any atom is -0.338 e. The summed E-state index contributed by atoms with van der Waals surface area (Å²) in [7, 11) is 0. The van der Waals surface area contributed by atoms with E-state index in [4.69, 9.17) is 10.3 Å². The predicted octanol–water partition coefficient (Wildman–Crippen LogP) is 3.24. The van der Waals surface area contributed by atoms with Crippen LogP contribution in [0.2, 0.25) is 0 Å². The molecule has 1 aliphatic heterocycles. The monoisotopic (exact) mass is 415 g/mol. The van der Waals surface area contributed by atoms with Crippen LogP contribution >= 0.6 is 12.4 Å². The molecule has 1 aromatic heterocycles. The maximum atomic E-state index is 11.0. The van der Waals surface area contributed by atoms with Gasteiger partial charge in [-0.25, -0.2) is 0 Å². The fourth-order valence-corrected chi connectivity index (χ4v) is 3.79. The second kappa shape index (κ2) is 9.13. The molecule has 3 aromatic rings. The molecule has 0 aliphatic carbocycles. The summed E-state index contributed by atoms with van der Waals surface area (Å²) in [6.07, 6.45) is 0. The number of benzene rings is 2. The number of aromatic nitrogens is 2. The number of rotatable bonds is 6. The van der Waals surface area contributed by atoms with Crippen LogP contribution in [0.5, 0.6) is 0 Å². The Labute approximate surface area is 174 Å². The van der Waals surface area contributed by atoms with Crippen LogP contribution in [0.4, 0.5) is 5.69 Å². The second-order valence-electron chi connectivity index (χ2n) is 7.03. The van der Waals surface area contributed by atoms with Crippen molar-refractivity contribution in [2.45, 2.75) is 12.5 Å². The Bertz CT molecular complexity index is 966. The first-order valence-electron chi connectivity index (χ1n) is 9.19. The molecule has 2 aromatic carbocycles. The Hall–Kier alpha value is -2.81. The van der Waals surface area contributed by atoms with Crippen LogP contribution in [0.15, 0.2) is 59.1 Å². The zero-order chi connectivity index (χ0) is 19.5. The highest BCUT2D eigenvalue weighted by atomic mass is 35.5. The lowest BCUT2D eigenvalue weighted by molar-refractivity contribution is -0.384. The lowest BCUT2D eigenvalue weighted by Crippen LogP contribution is -2.23. The van der Waals surface area contributed by atoms with Crippen molar-refractivity contribution in [1.82, 2.24) is 15.0 Å². The SMILES string of the molecule is Cl.NC[C@@H]1CN(Cc2nc(-c3cccc([N+](=O)[O-])c3)no2)C[C@H]1c1ccccc1. The summed E-state index contributed by atoms with van der Waals surface area (Å²) < 4.78 is 5.39. The van der Waals surface area contributed by atoms with E-state index >= 15 is 0 Å². The summed E-state index contributed by atoms with van der Waals surface area (Å²) in [5.41, 5.74) is 7.86. The van der Waals surface area contributed by atoms with E-state index in [1.807, 2.05) is 6.07 Å². The first-order valence-corrected chi connectivity index (χ1v) is 9.19. The van der Waals surface area contributed by atoms with Crippen molar-refractivity contribution < 1.29 is 9.45 Å². The third kappa shape index (κ3) is 4.61. The van der Waals surface area contributed by atoms with Crippen molar-refractivity contribution in [3.63, 3.8) is 0 Å². The lowest BCUT2D eigenvalue weighted by atomic mass is 9.89. The summed E-state index contributed by atoms with van der Waals surface area (Å²) in [5.74, 6) is 1.60. The van der Waals surface area contributed by atoms with Crippen molar-refractivity contribution in [2.75, 3.05) is 19.6 Å². The van der Waals surface area contributed by atoms with Crippen LogP contribution in [0.25, 0.3) is 11.4 Å². The molecule has 0 bridgehead atoms. The predicted molar refractivity (Wildman–Crippen MR) is 111 cm³/mol. The molecular weight excluding hydrogens is 394 g/mol. The standard InChI is InChI=1S/C20H21N5O3.ClH/c21-10-16-11-24(12-18(16)14-5-2-1-3-6-14)13-19-22-20(23-28-19)15-7-4-8-17(9-15)25(26)27;/h1-9,16,18H,10-13,21H2;1H/t16-,18+;/m1./s1. The van der Waals surface area contributed by atoms with Gasteiger partial charge in [0.2, 0.25) is 11.7 Å². The number of hydrogen-bond acceptors (Lipinski definition) is 7.